The third-order valence-corrected chi connectivity index (χ3v) is 5.09. The third kappa shape index (κ3) is 2.33. The molecule has 0 spiro atoms. The minimum Gasteiger partial charge on any atom is -0.312 e. The molecule has 1 aromatic carbocycles. The van der Waals surface area contributed by atoms with Gasteiger partial charge in [-0.25, -0.2) is 4.98 Å². The zero-order valence-corrected chi connectivity index (χ0v) is 12.6. The Bertz CT molecular complexity index is 601. The number of rotatable bonds is 2. The van der Waals surface area contributed by atoms with Gasteiger partial charge in [-0.1, -0.05) is 17.7 Å². The Morgan fingerprint density at radius 2 is 2.16 bits per heavy atom. The highest BCUT2D eigenvalue weighted by Gasteiger charge is 2.24. The van der Waals surface area contributed by atoms with E-state index in [1.165, 1.54) is 51.5 Å². The molecule has 0 amide bonds. The smallest absolute Gasteiger partial charge is 0.124 e. The lowest BCUT2D eigenvalue weighted by Crippen LogP contribution is -2.21. The van der Waals surface area contributed by atoms with Crippen LogP contribution in [0.15, 0.2) is 18.2 Å². The van der Waals surface area contributed by atoms with Gasteiger partial charge in [-0.3, -0.25) is 0 Å². The topological polar surface area (TPSA) is 24.9 Å². The number of nitrogens with one attached hydrogen (secondary N) is 1. The van der Waals surface area contributed by atoms with Gasteiger partial charge in [-0.2, -0.15) is 0 Å². The summed E-state index contributed by atoms with van der Waals surface area (Å²) in [7, 11) is 2.04. The van der Waals surface area contributed by atoms with E-state index in [-0.39, 0.29) is 0 Å². The molecule has 1 heterocycles. The second-order valence-corrected chi connectivity index (χ2v) is 6.46. The molecule has 100 valence electrons. The molecular formula is C16H20N2S. The van der Waals surface area contributed by atoms with Crippen LogP contribution in [0.2, 0.25) is 0 Å². The van der Waals surface area contributed by atoms with E-state index in [0.29, 0.717) is 6.04 Å². The van der Waals surface area contributed by atoms with Crippen LogP contribution in [0.25, 0.3) is 10.6 Å². The third-order valence-electron chi connectivity index (χ3n) is 3.93. The highest BCUT2D eigenvalue weighted by molar-refractivity contribution is 7.15. The van der Waals surface area contributed by atoms with Gasteiger partial charge in [0, 0.05) is 10.4 Å². The standard InChI is InChI=1S/C16H20N2S/c1-10-7-8-11(2)12(9-10)16-18-15-13(17-3)5-4-6-14(15)19-16/h7-9,13,17H,4-6H2,1-3H3. The molecule has 2 aromatic rings. The Hall–Kier alpha value is -1.19. The summed E-state index contributed by atoms with van der Waals surface area (Å²) in [5, 5.41) is 4.58. The fourth-order valence-electron chi connectivity index (χ4n) is 2.78. The minimum atomic E-state index is 0.443. The molecule has 1 aliphatic carbocycles. The molecule has 2 nitrogen and oxygen atoms in total. The lowest BCUT2D eigenvalue weighted by atomic mass is 9.98. The summed E-state index contributed by atoms with van der Waals surface area (Å²) in [6, 6.07) is 7.07. The van der Waals surface area contributed by atoms with Crippen LogP contribution in [0.5, 0.6) is 0 Å². The molecule has 0 fully saturated rings. The Labute approximate surface area is 118 Å². The molecule has 0 saturated carbocycles. The van der Waals surface area contributed by atoms with Crippen molar-refractivity contribution in [3.05, 3.63) is 39.9 Å². The van der Waals surface area contributed by atoms with E-state index in [4.69, 9.17) is 4.98 Å². The van der Waals surface area contributed by atoms with Crippen LogP contribution in [-0.4, -0.2) is 12.0 Å². The van der Waals surface area contributed by atoms with Gasteiger partial charge in [-0.05, 0) is 51.8 Å². The van der Waals surface area contributed by atoms with Gasteiger partial charge in [0.15, 0.2) is 0 Å². The van der Waals surface area contributed by atoms with E-state index in [1.807, 2.05) is 18.4 Å². The van der Waals surface area contributed by atoms with Crippen molar-refractivity contribution in [3.63, 3.8) is 0 Å². The van der Waals surface area contributed by atoms with Gasteiger partial charge in [0.25, 0.3) is 0 Å². The van der Waals surface area contributed by atoms with Gasteiger partial charge in [0.2, 0.25) is 0 Å². The largest absolute Gasteiger partial charge is 0.312 e. The SMILES string of the molecule is CNC1CCCc2sc(-c3cc(C)ccc3C)nc21. The van der Waals surface area contributed by atoms with E-state index >= 15 is 0 Å². The molecule has 0 saturated heterocycles. The average Bonchev–Trinajstić information content (AvgIpc) is 2.85. The van der Waals surface area contributed by atoms with Crippen LogP contribution in [0, 0.1) is 13.8 Å². The number of nitrogens with zero attached hydrogens (tertiary/aromatic N) is 1. The van der Waals surface area contributed by atoms with Gasteiger partial charge in [0.05, 0.1) is 11.7 Å². The van der Waals surface area contributed by atoms with Gasteiger partial charge >= 0.3 is 0 Å². The minimum absolute atomic E-state index is 0.443. The number of hydrogen-bond acceptors (Lipinski definition) is 3. The summed E-state index contributed by atoms with van der Waals surface area (Å²) in [6.07, 6.45) is 3.67. The first-order chi connectivity index (χ1) is 9.19. The lowest BCUT2D eigenvalue weighted by molar-refractivity contribution is 0.490. The first-order valence-electron chi connectivity index (χ1n) is 6.93. The number of benzene rings is 1. The van der Waals surface area contributed by atoms with Crippen LogP contribution >= 0.6 is 11.3 Å². The molecule has 3 heteroatoms. The Kier molecular flexibility index (Phi) is 3.42. The molecule has 19 heavy (non-hydrogen) atoms. The van der Waals surface area contributed by atoms with Gasteiger partial charge in [0.1, 0.15) is 5.01 Å². The predicted octanol–water partition coefficient (Wildman–Crippen LogP) is 4.02. The number of hydrogen-bond donors (Lipinski definition) is 1. The molecule has 3 rings (SSSR count). The Balaban J connectivity index is 2.07. The van der Waals surface area contributed by atoms with Crippen molar-refractivity contribution in [2.75, 3.05) is 7.05 Å². The second kappa shape index (κ2) is 5.06. The van der Waals surface area contributed by atoms with Crippen LogP contribution in [0.4, 0.5) is 0 Å². The normalized spacial score (nSPS) is 18.4. The average molecular weight is 272 g/mol. The maximum Gasteiger partial charge on any atom is 0.124 e. The molecule has 1 aromatic heterocycles. The van der Waals surface area contributed by atoms with Crippen molar-refractivity contribution in [3.8, 4) is 10.6 Å². The number of aryl methyl sites for hydroxylation is 3. The van der Waals surface area contributed by atoms with Crippen molar-refractivity contribution in [1.29, 1.82) is 0 Å². The molecule has 1 N–H and O–H groups in total. The van der Waals surface area contributed by atoms with Crippen molar-refractivity contribution in [2.45, 2.75) is 39.2 Å². The molecule has 1 unspecified atom stereocenters. The van der Waals surface area contributed by atoms with Gasteiger partial charge in [-0.15, -0.1) is 11.3 Å². The van der Waals surface area contributed by atoms with E-state index < -0.39 is 0 Å². The quantitative estimate of drug-likeness (QED) is 0.893. The van der Waals surface area contributed by atoms with Crippen LogP contribution in [0.3, 0.4) is 0 Å². The molecule has 0 radical (unpaired) electrons. The van der Waals surface area contributed by atoms with E-state index in [2.05, 4.69) is 37.4 Å². The molecule has 0 bridgehead atoms. The summed E-state index contributed by atoms with van der Waals surface area (Å²) < 4.78 is 0. The molecular weight excluding hydrogens is 252 g/mol. The van der Waals surface area contributed by atoms with Crippen molar-refractivity contribution in [1.82, 2.24) is 10.3 Å². The van der Waals surface area contributed by atoms with Crippen LogP contribution in [-0.2, 0) is 6.42 Å². The van der Waals surface area contributed by atoms with Crippen LogP contribution in [0.1, 0.15) is 40.6 Å². The maximum absolute atomic E-state index is 4.93. The Morgan fingerprint density at radius 1 is 1.32 bits per heavy atom. The Morgan fingerprint density at radius 3 is 2.95 bits per heavy atom. The zero-order valence-electron chi connectivity index (χ0n) is 11.8. The predicted molar refractivity (Wildman–Crippen MR) is 81.8 cm³/mol. The number of thiazole rings is 1. The lowest BCUT2D eigenvalue weighted by Gasteiger charge is -2.19. The highest BCUT2D eigenvalue weighted by atomic mass is 32.1. The monoisotopic (exact) mass is 272 g/mol. The van der Waals surface area contributed by atoms with Crippen LogP contribution < -0.4 is 5.32 Å². The van der Waals surface area contributed by atoms with E-state index in [0.717, 1.165) is 0 Å². The molecule has 1 atom stereocenters. The summed E-state index contributed by atoms with van der Waals surface area (Å²) in [6.45, 7) is 4.32. The molecule has 1 aliphatic rings. The summed E-state index contributed by atoms with van der Waals surface area (Å²) >= 11 is 1.88. The summed E-state index contributed by atoms with van der Waals surface area (Å²) in [5.41, 5.74) is 5.21. The second-order valence-electron chi connectivity index (χ2n) is 5.38. The highest BCUT2D eigenvalue weighted by Crippen LogP contribution is 2.38. The van der Waals surface area contributed by atoms with E-state index in [9.17, 15) is 0 Å². The van der Waals surface area contributed by atoms with E-state index in [1.54, 1.807) is 0 Å². The first-order valence-corrected chi connectivity index (χ1v) is 7.75. The van der Waals surface area contributed by atoms with Crippen molar-refractivity contribution < 1.29 is 0 Å². The summed E-state index contributed by atoms with van der Waals surface area (Å²) in [4.78, 5) is 6.40. The fourth-order valence-corrected chi connectivity index (χ4v) is 4.03. The fraction of sp³-hybridized carbons (Fsp3) is 0.438. The summed E-state index contributed by atoms with van der Waals surface area (Å²) in [5.74, 6) is 0. The number of aromatic nitrogens is 1. The maximum atomic E-state index is 4.93. The first kappa shape index (κ1) is 12.8. The number of fused-ring (bicyclic) bond motifs is 1. The van der Waals surface area contributed by atoms with Gasteiger partial charge < -0.3 is 5.32 Å². The van der Waals surface area contributed by atoms with Crippen molar-refractivity contribution >= 4 is 11.3 Å². The zero-order chi connectivity index (χ0) is 13.4. The molecule has 0 aliphatic heterocycles. The van der Waals surface area contributed by atoms with Crippen molar-refractivity contribution in [2.24, 2.45) is 0 Å².